The molecule has 0 amide bonds. The molecule has 0 unspecified atom stereocenters. The lowest BCUT2D eigenvalue weighted by molar-refractivity contribution is -0.870. The van der Waals surface area contributed by atoms with E-state index < -0.39 is 5.97 Å². The highest BCUT2D eigenvalue weighted by molar-refractivity contribution is 5.87. The van der Waals surface area contributed by atoms with Gasteiger partial charge >= 0.3 is 11.9 Å². The number of carboxylic acids is 1. The monoisotopic (exact) mass is 435 g/mol. The SMILES string of the molecule is C=C(C)C(=O)OCCCC.C=C(C)C(=O)OCC[N+](C)(C)C.C=C(C)C(=O)[O-].Cl. The van der Waals surface area contributed by atoms with Gasteiger partial charge < -0.3 is 23.9 Å². The summed E-state index contributed by atoms with van der Waals surface area (Å²) in [4.78, 5) is 31.1. The summed E-state index contributed by atoms with van der Waals surface area (Å²) < 4.78 is 10.5. The molecule has 0 aliphatic heterocycles. The van der Waals surface area contributed by atoms with E-state index in [2.05, 4.69) is 47.8 Å². The molecule has 0 fully saturated rings. The van der Waals surface area contributed by atoms with Gasteiger partial charge in [0, 0.05) is 11.1 Å². The summed E-state index contributed by atoms with van der Waals surface area (Å²) >= 11 is 0. The summed E-state index contributed by atoms with van der Waals surface area (Å²) in [5.41, 5.74) is 0.988. The average Bonchev–Trinajstić information content (AvgIpc) is 2.54. The normalized spacial score (nSPS) is 9.21. The fourth-order valence-electron chi connectivity index (χ4n) is 0.968. The molecule has 0 aliphatic rings. The Kier molecular flexibility index (Phi) is 22.8. The van der Waals surface area contributed by atoms with Crippen LogP contribution in [0, 0.1) is 0 Å². The van der Waals surface area contributed by atoms with Crippen LogP contribution in [0.4, 0.5) is 0 Å². The van der Waals surface area contributed by atoms with Crippen molar-refractivity contribution in [2.24, 2.45) is 0 Å². The van der Waals surface area contributed by atoms with Crippen LogP contribution in [-0.4, -0.2) is 63.3 Å². The maximum atomic E-state index is 10.9. The number of unbranched alkanes of at least 4 members (excludes halogenated alkanes) is 1. The van der Waals surface area contributed by atoms with Crippen molar-refractivity contribution < 1.29 is 33.4 Å². The molecule has 0 spiro atoms. The van der Waals surface area contributed by atoms with Gasteiger partial charge in [0.25, 0.3) is 0 Å². The molecule has 0 atom stereocenters. The lowest BCUT2D eigenvalue weighted by Crippen LogP contribution is -2.38. The lowest BCUT2D eigenvalue weighted by atomic mass is 10.3. The van der Waals surface area contributed by atoms with E-state index in [1.807, 2.05) is 0 Å². The fourth-order valence-corrected chi connectivity index (χ4v) is 0.968. The van der Waals surface area contributed by atoms with E-state index >= 15 is 0 Å². The van der Waals surface area contributed by atoms with E-state index in [1.54, 1.807) is 13.8 Å². The largest absolute Gasteiger partial charge is 0.545 e. The topological polar surface area (TPSA) is 92.7 Å². The number of aliphatic carboxylic acids is 1. The van der Waals surface area contributed by atoms with Gasteiger partial charge in [-0.15, -0.1) is 12.4 Å². The van der Waals surface area contributed by atoms with Crippen LogP contribution >= 0.6 is 12.4 Å². The Balaban J connectivity index is -0.000000167. The summed E-state index contributed by atoms with van der Waals surface area (Å²) in [6.45, 7) is 18.6. The van der Waals surface area contributed by atoms with Crippen LogP contribution in [0.5, 0.6) is 0 Å². The Morgan fingerprint density at radius 1 is 0.828 bits per heavy atom. The first-order chi connectivity index (χ1) is 12.7. The van der Waals surface area contributed by atoms with Gasteiger partial charge in [0.15, 0.2) is 0 Å². The highest BCUT2D eigenvalue weighted by Gasteiger charge is 2.09. The molecule has 7 nitrogen and oxygen atoms in total. The van der Waals surface area contributed by atoms with E-state index in [0.29, 0.717) is 24.4 Å². The zero-order valence-corrected chi connectivity index (χ0v) is 19.8. The lowest BCUT2D eigenvalue weighted by Gasteiger charge is -2.23. The van der Waals surface area contributed by atoms with Gasteiger partial charge in [-0.3, -0.25) is 0 Å². The maximum Gasteiger partial charge on any atom is 0.333 e. The second-order valence-corrected chi connectivity index (χ2v) is 7.27. The van der Waals surface area contributed by atoms with Crippen LogP contribution in [0.25, 0.3) is 0 Å². The molecule has 170 valence electrons. The quantitative estimate of drug-likeness (QED) is 0.239. The molecule has 0 aromatic heterocycles. The van der Waals surface area contributed by atoms with Gasteiger partial charge in [-0.2, -0.15) is 0 Å². The first-order valence-electron chi connectivity index (χ1n) is 8.98. The third-order valence-electron chi connectivity index (χ3n) is 2.77. The predicted molar refractivity (Wildman–Crippen MR) is 116 cm³/mol. The summed E-state index contributed by atoms with van der Waals surface area (Å²) in [6.07, 6.45) is 1.97. The molecule has 0 heterocycles. The third-order valence-corrected chi connectivity index (χ3v) is 2.77. The minimum atomic E-state index is -1.19. The number of esters is 2. The standard InChI is InChI=1S/C9H18NO2.C8H14O2.C4H6O2.ClH/c1-8(2)9(11)12-7-6-10(3,4)5;1-4-5-6-10-8(9)7(2)3;1-3(2)4(5)6;/h1,6-7H2,2-5H3;2,4-6H2,1,3H3;1H2,2H3,(H,5,6);1H/q+1;;;/p-1. The van der Waals surface area contributed by atoms with Crippen molar-refractivity contribution >= 4 is 30.3 Å². The highest BCUT2D eigenvalue weighted by atomic mass is 35.5. The van der Waals surface area contributed by atoms with E-state index in [0.717, 1.165) is 23.9 Å². The predicted octanol–water partition coefficient (Wildman–Crippen LogP) is 2.45. The molecule has 0 bridgehead atoms. The molecule has 0 aromatic carbocycles. The van der Waals surface area contributed by atoms with Gasteiger partial charge in [-0.1, -0.05) is 33.1 Å². The molecule has 0 radical (unpaired) electrons. The molecular weight excluding hydrogens is 398 g/mol. The Morgan fingerprint density at radius 3 is 1.41 bits per heavy atom. The minimum absolute atomic E-state index is 0. The van der Waals surface area contributed by atoms with Crippen molar-refractivity contribution in [2.75, 3.05) is 40.9 Å². The van der Waals surface area contributed by atoms with Crippen molar-refractivity contribution in [2.45, 2.75) is 40.5 Å². The Morgan fingerprint density at radius 2 is 1.17 bits per heavy atom. The van der Waals surface area contributed by atoms with Gasteiger partial charge in [0.05, 0.1) is 33.7 Å². The number of hydrogen-bond donors (Lipinski definition) is 0. The molecule has 0 saturated heterocycles. The number of halogens is 1. The van der Waals surface area contributed by atoms with Crippen molar-refractivity contribution in [3.63, 3.8) is 0 Å². The van der Waals surface area contributed by atoms with Crippen LogP contribution in [-0.2, 0) is 23.9 Å². The summed E-state index contributed by atoms with van der Waals surface area (Å²) in [5, 5.41) is 9.49. The number of ether oxygens (including phenoxy) is 2. The van der Waals surface area contributed by atoms with Crippen LogP contribution in [0.1, 0.15) is 40.5 Å². The van der Waals surface area contributed by atoms with Crippen molar-refractivity contribution in [1.29, 1.82) is 0 Å². The molecule has 0 N–H and O–H groups in total. The highest BCUT2D eigenvalue weighted by Crippen LogP contribution is 1.95. The van der Waals surface area contributed by atoms with Gasteiger partial charge in [0.2, 0.25) is 0 Å². The number of carboxylic acid groups (broad SMARTS) is 1. The number of likely N-dealkylation sites (N-methyl/N-ethyl adjacent to an activating group) is 1. The van der Waals surface area contributed by atoms with E-state index in [4.69, 9.17) is 9.47 Å². The average molecular weight is 436 g/mol. The smallest absolute Gasteiger partial charge is 0.333 e. The molecule has 0 rings (SSSR count). The number of rotatable bonds is 9. The summed E-state index contributed by atoms with van der Waals surface area (Å²) in [7, 11) is 6.15. The molecular formula is C21H38ClNO6. The van der Waals surface area contributed by atoms with Crippen LogP contribution < -0.4 is 5.11 Å². The van der Waals surface area contributed by atoms with Crippen LogP contribution in [0.2, 0.25) is 0 Å². The molecule has 0 aromatic rings. The molecule has 29 heavy (non-hydrogen) atoms. The summed E-state index contributed by atoms with van der Waals surface area (Å²) in [5.74, 6) is -1.77. The second kappa shape index (κ2) is 19.2. The zero-order chi connectivity index (χ0) is 22.9. The second-order valence-electron chi connectivity index (χ2n) is 7.27. The van der Waals surface area contributed by atoms with Crippen molar-refractivity contribution in [3.05, 3.63) is 36.5 Å². The number of quaternary nitrogens is 1. The summed E-state index contributed by atoms with van der Waals surface area (Å²) in [6, 6.07) is 0. The maximum absolute atomic E-state index is 10.9. The number of carbonyl (C=O) groups is 3. The van der Waals surface area contributed by atoms with E-state index in [-0.39, 0.29) is 29.9 Å². The first kappa shape index (κ1) is 34.4. The zero-order valence-electron chi connectivity index (χ0n) is 19.0. The molecule has 0 saturated carbocycles. The first-order valence-corrected chi connectivity index (χ1v) is 8.98. The molecule has 0 aliphatic carbocycles. The Bertz CT molecular complexity index is 538. The van der Waals surface area contributed by atoms with Crippen LogP contribution in [0.15, 0.2) is 36.5 Å². The van der Waals surface area contributed by atoms with E-state index in [9.17, 15) is 19.5 Å². The van der Waals surface area contributed by atoms with Crippen molar-refractivity contribution in [3.8, 4) is 0 Å². The number of carbonyl (C=O) groups excluding carboxylic acids is 3. The van der Waals surface area contributed by atoms with Gasteiger partial charge in [-0.25, -0.2) is 9.59 Å². The number of nitrogens with zero attached hydrogens (tertiary/aromatic N) is 1. The molecule has 8 heteroatoms. The Hall–Kier alpha value is -2.12. The van der Waals surface area contributed by atoms with Crippen LogP contribution in [0.3, 0.4) is 0 Å². The third kappa shape index (κ3) is 30.8. The number of hydrogen-bond acceptors (Lipinski definition) is 6. The van der Waals surface area contributed by atoms with Gasteiger partial charge in [-0.05, 0) is 32.8 Å². The Labute approximate surface area is 182 Å². The fraction of sp³-hybridized carbons (Fsp3) is 0.571. The minimum Gasteiger partial charge on any atom is -0.545 e. The van der Waals surface area contributed by atoms with Crippen molar-refractivity contribution in [1.82, 2.24) is 0 Å². The van der Waals surface area contributed by atoms with Gasteiger partial charge in [0.1, 0.15) is 13.2 Å². The van der Waals surface area contributed by atoms with E-state index in [1.165, 1.54) is 6.92 Å².